The van der Waals surface area contributed by atoms with Gasteiger partial charge >= 0.3 is 0 Å². The Balaban J connectivity index is 0.00000133. The summed E-state index contributed by atoms with van der Waals surface area (Å²) in [6, 6.07) is 4.22. The zero-order valence-corrected chi connectivity index (χ0v) is 13.0. The lowest BCUT2D eigenvalue weighted by molar-refractivity contribution is 0.0902. The zero-order valence-electron chi connectivity index (χ0n) is 11.3. The highest BCUT2D eigenvalue weighted by Crippen LogP contribution is 2.41. The minimum Gasteiger partial charge on any atom is -0.504 e. The molecule has 0 amide bonds. The van der Waals surface area contributed by atoms with Gasteiger partial charge in [0.15, 0.2) is 11.5 Å². The first-order chi connectivity index (χ1) is 8.70. The smallest absolute Gasteiger partial charge is 0.160 e. The van der Waals surface area contributed by atoms with Gasteiger partial charge in [0, 0.05) is 11.6 Å². The lowest BCUT2D eigenvalue weighted by Gasteiger charge is -2.44. The molecule has 2 aliphatic rings. The van der Waals surface area contributed by atoms with Crippen molar-refractivity contribution in [1.82, 2.24) is 4.90 Å². The third-order valence-electron chi connectivity index (χ3n) is 4.69. The number of hydrogen-bond acceptors (Lipinski definition) is 3. The Morgan fingerprint density at radius 3 is 2.79 bits per heavy atom. The summed E-state index contributed by atoms with van der Waals surface area (Å²) in [5.74, 6) is 0.772. The van der Waals surface area contributed by atoms with Crippen LogP contribution in [0.25, 0.3) is 0 Å². The Bertz CT molecular complexity index is 464. The van der Waals surface area contributed by atoms with Crippen LogP contribution in [-0.4, -0.2) is 34.2 Å². The summed E-state index contributed by atoms with van der Waals surface area (Å²) in [4.78, 5) is 2.57. The molecule has 1 heterocycles. The number of benzene rings is 1. The molecule has 1 saturated heterocycles. The van der Waals surface area contributed by atoms with E-state index >= 15 is 0 Å². The highest BCUT2D eigenvalue weighted by molar-refractivity contribution is 8.93. The number of rotatable bonds is 1. The summed E-state index contributed by atoms with van der Waals surface area (Å²) in [5, 5.41) is 19.6. The molecule has 0 spiro atoms. The third kappa shape index (κ3) is 2.48. The van der Waals surface area contributed by atoms with Gasteiger partial charge in [-0.3, -0.25) is 0 Å². The summed E-state index contributed by atoms with van der Waals surface area (Å²) >= 11 is 0. The van der Waals surface area contributed by atoms with Crippen molar-refractivity contribution in [3.05, 3.63) is 23.3 Å². The van der Waals surface area contributed by atoms with Crippen molar-refractivity contribution in [1.29, 1.82) is 0 Å². The molecule has 19 heavy (non-hydrogen) atoms. The molecule has 1 aliphatic heterocycles. The minimum absolute atomic E-state index is 0. The maximum Gasteiger partial charge on any atom is 0.160 e. The number of aromatic hydroxyl groups is 2. The molecule has 2 unspecified atom stereocenters. The Hall–Kier alpha value is -0.740. The number of likely N-dealkylation sites (tertiary alicyclic amines) is 1. The van der Waals surface area contributed by atoms with Crippen LogP contribution in [0.5, 0.6) is 11.5 Å². The third-order valence-corrected chi connectivity index (χ3v) is 4.69. The number of hydrogen-bond donors (Lipinski definition) is 2. The highest BCUT2D eigenvalue weighted by atomic mass is 79.9. The van der Waals surface area contributed by atoms with E-state index in [1.807, 2.05) is 6.07 Å². The van der Waals surface area contributed by atoms with Crippen LogP contribution in [0.4, 0.5) is 0 Å². The number of piperidine rings is 1. The monoisotopic (exact) mass is 327 g/mol. The van der Waals surface area contributed by atoms with Crippen LogP contribution in [0.1, 0.15) is 30.9 Å². The SMILES string of the molecule is Br.CCN1CCCC2Cc3c(ccc(O)c3O)CC21. The Kier molecular flexibility index (Phi) is 4.41. The molecule has 0 saturated carbocycles. The quantitative estimate of drug-likeness (QED) is 0.779. The van der Waals surface area contributed by atoms with Crippen LogP contribution in [0.15, 0.2) is 12.1 Å². The molecular weight excluding hydrogens is 306 g/mol. The van der Waals surface area contributed by atoms with Gasteiger partial charge in [0.05, 0.1) is 0 Å². The van der Waals surface area contributed by atoms with Gasteiger partial charge in [-0.05, 0) is 56.3 Å². The Morgan fingerprint density at radius 1 is 1.26 bits per heavy atom. The molecule has 1 fully saturated rings. The number of nitrogens with zero attached hydrogens (tertiary/aromatic N) is 1. The molecule has 3 nitrogen and oxygen atoms in total. The first-order valence-corrected chi connectivity index (χ1v) is 6.97. The zero-order chi connectivity index (χ0) is 12.7. The van der Waals surface area contributed by atoms with E-state index in [0.29, 0.717) is 12.0 Å². The van der Waals surface area contributed by atoms with Crippen molar-refractivity contribution in [2.45, 2.75) is 38.6 Å². The average Bonchev–Trinajstić information content (AvgIpc) is 2.41. The van der Waals surface area contributed by atoms with Crippen molar-refractivity contribution in [3.8, 4) is 11.5 Å². The van der Waals surface area contributed by atoms with Crippen molar-refractivity contribution < 1.29 is 10.2 Å². The Morgan fingerprint density at radius 2 is 2.05 bits per heavy atom. The van der Waals surface area contributed by atoms with Gasteiger partial charge in [0.2, 0.25) is 0 Å². The highest BCUT2D eigenvalue weighted by Gasteiger charge is 2.35. The molecule has 2 N–H and O–H groups in total. The summed E-state index contributed by atoms with van der Waals surface area (Å²) in [5.41, 5.74) is 2.20. The summed E-state index contributed by atoms with van der Waals surface area (Å²) in [6.45, 7) is 4.55. The van der Waals surface area contributed by atoms with Crippen LogP contribution < -0.4 is 0 Å². The van der Waals surface area contributed by atoms with Gasteiger partial charge in [0.25, 0.3) is 0 Å². The van der Waals surface area contributed by atoms with Gasteiger partial charge in [-0.1, -0.05) is 13.0 Å². The summed E-state index contributed by atoms with van der Waals surface area (Å²) in [7, 11) is 0. The molecule has 1 aromatic rings. The lowest BCUT2D eigenvalue weighted by atomic mass is 9.75. The van der Waals surface area contributed by atoms with E-state index < -0.39 is 0 Å². The van der Waals surface area contributed by atoms with Crippen LogP contribution in [0.3, 0.4) is 0 Å². The molecule has 0 aromatic heterocycles. The van der Waals surface area contributed by atoms with E-state index in [2.05, 4.69) is 11.8 Å². The largest absolute Gasteiger partial charge is 0.504 e. The predicted octanol–water partition coefficient (Wildman–Crippen LogP) is 2.87. The van der Waals surface area contributed by atoms with E-state index in [1.165, 1.54) is 24.9 Å². The van der Waals surface area contributed by atoms with Crippen LogP contribution in [0, 0.1) is 5.92 Å². The number of phenols is 2. The van der Waals surface area contributed by atoms with Gasteiger partial charge < -0.3 is 15.1 Å². The minimum atomic E-state index is 0. The standard InChI is InChI=1S/C15H21NO2.BrH/c1-2-16-7-3-4-11-8-12-10(9-13(11)16)5-6-14(17)15(12)18;/h5-6,11,13,17-18H,2-4,7-9H2,1H3;1H. The number of fused-ring (bicyclic) bond motifs is 2. The van der Waals surface area contributed by atoms with Crippen LogP contribution in [0.2, 0.25) is 0 Å². The molecule has 106 valence electrons. The topological polar surface area (TPSA) is 43.7 Å². The molecule has 0 radical (unpaired) electrons. The first-order valence-electron chi connectivity index (χ1n) is 6.97. The fourth-order valence-electron chi connectivity index (χ4n) is 3.71. The predicted molar refractivity (Wildman–Crippen MR) is 81.3 cm³/mol. The first kappa shape index (κ1) is 14.7. The number of likely N-dealkylation sites (N-methyl/N-ethyl adjacent to an activating group) is 1. The van der Waals surface area contributed by atoms with E-state index in [4.69, 9.17) is 0 Å². The normalized spacial score (nSPS) is 26.2. The molecule has 4 heteroatoms. The molecule has 1 aliphatic carbocycles. The molecule has 0 bridgehead atoms. The van der Waals surface area contributed by atoms with Crippen molar-refractivity contribution in [3.63, 3.8) is 0 Å². The van der Waals surface area contributed by atoms with Gasteiger partial charge in [0.1, 0.15) is 0 Å². The van der Waals surface area contributed by atoms with Crippen molar-refractivity contribution >= 4 is 17.0 Å². The molecular formula is C15H22BrNO2. The molecule has 2 atom stereocenters. The maximum atomic E-state index is 9.99. The average molecular weight is 328 g/mol. The Labute approximate surface area is 125 Å². The number of phenolic OH excluding ortho intramolecular Hbond substituents is 2. The summed E-state index contributed by atoms with van der Waals surface area (Å²) < 4.78 is 0. The van der Waals surface area contributed by atoms with Crippen molar-refractivity contribution in [2.24, 2.45) is 5.92 Å². The van der Waals surface area contributed by atoms with Crippen LogP contribution in [-0.2, 0) is 12.8 Å². The molecule has 3 rings (SSSR count). The van der Waals surface area contributed by atoms with Gasteiger partial charge in [-0.2, -0.15) is 0 Å². The number of halogens is 1. The second-order valence-electron chi connectivity index (χ2n) is 5.58. The second-order valence-corrected chi connectivity index (χ2v) is 5.58. The summed E-state index contributed by atoms with van der Waals surface area (Å²) in [6.07, 6.45) is 4.43. The van der Waals surface area contributed by atoms with Crippen LogP contribution >= 0.6 is 17.0 Å². The second kappa shape index (κ2) is 5.71. The van der Waals surface area contributed by atoms with Gasteiger partial charge in [-0.25, -0.2) is 0 Å². The lowest BCUT2D eigenvalue weighted by Crippen LogP contribution is -2.48. The van der Waals surface area contributed by atoms with E-state index in [-0.39, 0.29) is 28.5 Å². The van der Waals surface area contributed by atoms with E-state index in [0.717, 1.165) is 24.9 Å². The van der Waals surface area contributed by atoms with E-state index in [1.54, 1.807) is 6.07 Å². The van der Waals surface area contributed by atoms with E-state index in [9.17, 15) is 10.2 Å². The van der Waals surface area contributed by atoms with Crippen molar-refractivity contribution in [2.75, 3.05) is 13.1 Å². The fraction of sp³-hybridized carbons (Fsp3) is 0.600. The van der Waals surface area contributed by atoms with Gasteiger partial charge in [-0.15, -0.1) is 17.0 Å². The fourth-order valence-corrected chi connectivity index (χ4v) is 3.71. The maximum absolute atomic E-state index is 9.99. The molecule has 1 aromatic carbocycles.